The summed E-state index contributed by atoms with van der Waals surface area (Å²) in [6, 6.07) is 4.54. The van der Waals surface area contributed by atoms with Crippen LogP contribution in [0.4, 0.5) is 4.39 Å². The van der Waals surface area contributed by atoms with Gasteiger partial charge in [-0.3, -0.25) is 9.59 Å². The Morgan fingerprint density at radius 1 is 1.43 bits per heavy atom. The van der Waals surface area contributed by atoms with E-state index in [0.717, 1.165) is 15.6 Å². The van der Waals surface area contributed by atoms with E-state index in [1.807, 2.05) is 6.92 Å². The van der Waals surface area contributed by atoms with Gasteiger partial charge in [-0.25, -0.2) is 4.39 Å². The molecule has 3 rings (SSSR count). The number of nitrogens with two attached hydrogens (primary N) is 1. The van der Waals surface area contributed by atoms with Crippen LogP contribution in [0.3, 0.4) is 0 Å². The van der Waals surface area contributed by atoms with Gasteiger partial charge in [0.1, 0.15) is 5.82 Å². The van der Waals surface area contributed by atoms with Crippen molar-refractivity contribution < 1.29 is 14.0 Å². The molecule has 1 fully saturated rings. The second-order valence-corrected chi connectivity index (χ2v) is 6.39. The van der Waals surface area contributed by atoms with Crippen LogP contribution in [0.1, 0.15) is 21.7 Å². The molecule has 1 aliphatic rings. The van der Waals surface area contributed by atoms with E-state index in [-0.39, 0.29) is 23.5 Å². The first kappa shape index (κ1) is 14.0. The van der Waals surface area contributed by atoms with Gasteiger partial charge in [-0.15, -0.1) is 11.3 Å². The van der Waals surface area contributed by atoms with Gasteiger partial charge in [0.05, 0.1) is 10.8 Å². The van der Waals surface area contributed by atoms with Crippen molar-refractivity contribution >= 4 is 33.2 Å². The molecule has 1 aromatic heterocycles. The number of halogens is 1. The molecule has 0 spiro atoms. The molecular formula is C15H15FN2O2S. The molecule has 2 aromatic rings. The fraction of sp³-hybridized carbons (Fsp3) is 0.333. The molecule has 0 saturated carbocycles. The molecule has 0 bridgehead atoms. The van der Waals surface area contributed by atoms with Crippen molar-refractivity contribution in [3.63, 3.8) is 0 Å². The van der Waals surface area contributed by atoms with E-state index in [2.05, 4.69) is 0 Å². The lowest BCUT2D eigenvalue weighted by Crippen LogP contribution is -2.31. The van der Waals surface area contributed by atoms with E-state index in [9.17, 15) is 14.0 Å². The Bertz CT molecular complexity index is 741. The Morgan fingerprint density at radius 2 is 2.19 bits per heavy atom. The minimum Gasteiger partial charge on any atom is -0.369 e. The van der Waals surface area contributed by atoms with Gasteiger partial charge < -0.3 is 10.6 Å². The quantitative estimate of drug-likeness (QED) is 0.925. The van der Waals surface area contributed by atoms with Crippen molar-refractivity contribution in [2.75, 3.05) is 13.1 Å². The van der Waals surface area contributed by atoms with Gasteiger partial charge >= 0.3 is 0 Å². The van der Waals surface area contributed by atoms with Crippen molar-refractivity contribution in [2.45, 2.75) is 13.3 Å². The lowest BCUT2D eigenvalue weighted by atomic mass is 10.1. The molecule has 2 heterocycles. The number of amides is 2. The Balaban J connectivity index is 1.92. The molecule has 0 aliphatic carbocycles. The molecule has 110 valence electrons. The fourth-order valence-electron chi connectivity index (χ4n) is 2.72. The normalized spacial score (nSPS) is 18.4. The summed E-state index contributed by atoms with van der Waals surface area (Å²) in [5, 5.41) is 0.772. The number of benzene rings is 1. The van der Waals surface area contributed by atoms with Gasteiger partial charge in [0.2, 0.25) is 5.91 Å². The van der Waals surface area contributed by atoms with Crippen LogP contribution in [0.5, 0.6) is 0 Å². The predicted octanol–water partition coefficient (Wildman–Crippen LogP) is 2.30. The largest absolute Gasteiger partial charge is 0.369 e. The SMILES string of the molecule is Cc1c(C(=O)N2CCC(C(N)=O)C2)sc2ccc(F)cc12. The first-order valence-corrected chi connectivity index (χ1v) is 7.56. The molecule has 1 unspecified atom stereocenters. The molecule has 1 saturated heterocycles. The number of thiophene rings is 1. The molecule has 1 atom stereocenters. The van der Waals surface area contributed by atoms with Crippen LogP contribution in [0.25, 0.3) is 10.1 Å². The summed E-state index contributed by atoms with van der Waals surface area (Å²) >= 11 is 1.36. The van der Waals surface area contributed by atoms with Gasteiger partial charge in [0.25, 0.3) is 5.91 Å². The monoisotopic (exact) mass is 306 g/mol. The number of fused-ring (bicyclic) bond motifs is 1. The lowest BCUT2D eigenvalue weighted by molar-refractivity contribution is -0.121. The number of carbonyl (C=O) groups is 2. The zero-order valence-corrected chi connectivity index (χ0v) is 12.4. The molecule has 0 radical (unpaired) electrons. The number of rotatable bonds is 2. The topological polar surface area (TPSA) is 63.4 Å². The zero-order chi connectivity index (χ0) is 15.1. The molecule has 2 amide bonds. The average Bonchev–Trinajstić information content (AvgIpc) is 3.04. The summed E-state index contributed by atoms with van der Waals surface area (Å²) in [5.74, 6) is -1.03. The molecule has 1 aliphatic heterocycles. The third-order valence-electron chi connectivity index (χ3n) is 3.97. The molecule has 2 N–H and O–H groups in total. The van der Waals surface area contributed by atoms with Crippen molar-refractivity contribution in [1.29, 1.82) is 0 Å². The summed E-state index contributed by atoms with van der Waals surface area (Å²) in [6.07, 6.45) is 0.611. The van der Waals surface area contributed by atoms with Crippen molar-refractivity contribution in [1.82, 2.24) is 4.90 Å². The maximum atomic E-state index is 13.3. The van der Waals surface area contributed by atoms with Crippen LogP contribution < -0.4 is 5.73 Å². The number of primary amides is 1. The highest BCUT2D eigenvalue weighted by atomic mass is 32.1. The molecule has 4 nitrogen and oxygen atoms in total. The Kier molecular flexibility index (Phi) is 3.41. The third-order valence-corrected chi connectivity index (χ3v) is 5.23. The minimum atomic E-state index is -0.361. The number of nitrogens with zero attached hydrogens (tertiary/aromatic N) is 1. The number of hydrogen-bond donors (Lipinski definition) is 1. The van der Waals surface area contributed by atoms with E-state index in [0.29, 0.717) is 24.4 Å². The fourth-order valence-corrected chi connectivity index (χ4v) is 3.88. The molecule has 21 heavy (non-hydrogen) atoms. The molecule has 1 aromatic carbocycles. The van der Waals surface area contributed by atoms with E-state index in [1.54, 1.807) is 11.0 Å². The van der Waals surface area contributed by atoms with Crippen molar-refractivity contribution in [3.8, 4) is 0 Å². The highest BCUT2D eigenvalue weighted by molar-refractivity contribution is 7.21. The van der Waals surface area contributed by atoms with Crippen molar-refractivity contribution in [2.24, 2.45) is 11.7 Å². The smallest absolute Gasteiger partial charge is 0.264 e. The Hall–Kier alpha value is -1.95. The highest BCUT2D eigenvalue weighted by Crippen LogP contribution is 2.33. The zero-order valence-electron chi connectivity index (χ0n) is 11.6. The number of hydrogen-bond acceptors (Lipinski definition) is 3. The standard InChI is InChI=1S/C15H15FN2O2S/c1-8-11-6-10(16)2-3-12(11)21-13(8)15(20)18-5-4-9(7-18)14(17)19/h2-3,6,9H,4-5,7H2,1H3,(H2,17,19). The first-order valence-electron chi connectivity index (χ1n) is 6.74. The summed E-state index contributed by atoms with van der Waals surface area (Å²) in [5.41, 5.74) is 6.08. The van der Waals surface area contributed by atoms with Crippen molar-refractivity contribution in [3.05, 3.63) is 34.5 Å². The number of carbonyl (C=O) groups excluding carboxylic acids is 2. The third kappa shape index (κ3) is 2.40. The first-order chi connectivity index (χ1) is 9.97. The summed E-state index contributed by atoms with van der Waals surface area (Å²) in [7, 11) is 0. The summed E-state index contributed by atoms with van der Waals surface area (Å²) in [4.78, 5) is 26.0. The maximum Gasteiger partial charge on any atom is 0.264 e. The number of aryl methyl sites for hydroxylation is 1. The van der Waals surface area contributed by atoms with Crippen LogP contribution >= 0.6 is 11.3 Å². The van der Waals surface area contributed by atoms with Gasteiger partial charge in [-0.05, 0) is 42.5 Å². The van der Waals surface area contributed by atoms with E-state index in [1.165, 1.54) is 23.5 Å². The van der Waals surface area contributed by atoms with Gasteiger partial charge in [0, 0.05) is 17.8 Å². The van der Waals surface area contributed by atoms with Crippen LogP contribution in [0.15, 0.2) is 18.2 Å². The van der Waals surface area contributed by atoms with Gasteiger partial charge in [-0.2, -0.15) is 0 Å². The van der Waals surface area contributed by atoms with E-state index < -0.39 is 0 Å². The Labute approximate surface area is 125 Å². The van der Waals surface area contributed by atoms with E-state index >= 15 is 0 Å². The lowest BCUT2D eigenvalue weighted by Gasteiger charge is -2.15. The second kappa shape index (κ2) is 5.11. The molecular weight excluding hydrogens is 291 g/mol. The van der Waals surface area contributed by atoms with E-state index in [4.69, 9.17) is 5.73 Å². The minimum absolute atomic E-state index is 0.0992. The van der Waals surface area contributed by atoms with Gasteiger partial charge in [0.15, 0.2) is 0 Å². The maximum absolute atomic E-state index is 13.3. The summed E-state index contributed by atoms with van der Waals surface area (Å²) < 4.78 is 14.2. The predicted molar refractivity (Wildman–Crippen MR) is 79.7 cm³/mol. The van der Waals surface area contributed by atoms with Crippen LogP contribution in [0, 0.1) is 18.7 Å². The average molecular weight is 306 g/mol. The molecule has 6 heteroatoms. The van der Waals surface area contributed by atoms with Crippen LogP contribution in [-0.2, 0) is 4.79 Å². The van der Waals surface area contributed by atoms with Crippen LogP contribution in [-0.4, -0.2) is 29.8 Å². The second-order valence-electron chi connectivity index (χ2n) is 5.34. The highest BCUT2D eigenvalue weighted by Gasteiger charge is 2.31. The van der Waals surface area contributed by atoms with Gasteiger partial charge in [-0.1, -0.05) is 0 Å². The summed E-state index contributed by atoms with van der Waals surface area (Å²) in [6.45, 7) is 2.73. The number of likely N-dealkylation sites (tertiary alicyclic amines) is 1. The van der Waals surface area contributed by atoms with Crippen LogP contribution in [0.2, 0.25) is 0 Å². The Morgan fingerprint density at radius 3 is 2.86 bits per heavy atom.